The number of nitrogens with one attached hydrogen (secondary N) is 2. The fraction of sp³-hybridized carbons (Fsp3) is 0.375. The van der Waals surface area contributed by atoms with Crippen molar-refractivity contribution < 1.29 is 4.74 Å². The quantitative estimate of drug-likeness (QED) is 0.910. The van der Waals surface area contributed by atoms with Crippen LogP contribution in [-0.2, 0) is 0 Å². The first-order chi connectivity index (χ1) is 10.1. The number of rotatable bonds is 3. The van der Waals surface area contributed by atoms with Gasteiger partial charge in [0.1, 0.15) is 17.4 Å². The third-order valence-corrected chi connectivity index (χ3v) is 3.59. The average Bonchev–Trinajstić information content (AvgIpc) is 2.47. The van der Waals surface area contributed by atoms with Crippen molar-refractivity contribution in [2.24, 2.45) is 0 Å². The first-order valence-corrected chi connectivity index (χ1v) is 7.23. The van der Waals surface area contributed by atoms with Gasteiger partial charge in [0.2, 0.25) is 0 Å². The highest BCUT2D eigenvalue weighted by atomic mass is 16.5. The molecule has 1 unspecified atom stereocenters. The van der Waals surface area contributed by atoms with Crippen LogP contribution in [0.1, 0.15) is 43.6 Å². The number of H-pyrrole nitrogens is 1. The second-order valence-electron chi connectivity index (χ2n) is 5.54. The topological polar surface area (TPSA) is 67.0 Å². The number of hydrogen-bond acceptors (Lipinski definition) is 4. The van der Waals surface area contributed by atoms with Gasteiger partial charge in [-0.2, -0.15) is 0 Å². The molecule has 2 aromatic rings. The second-order valence-corrected chi connectivity index (χ2v) is 5.54. The first-order valence-electron chi connectivity index (χ1n) is 7.23. The molecule has 1 aliphatic rings. The highest BCUT2D eigenvalue weighted by Crippen LogP contribution is 2.33. The Hall–Kier alpha value is -2.30. The highest BCUT2D eigenvalue weighted by Gasteiger charge is 2.21. The zero-order chi connectivity index (χ0) is 14.8. The average molecular weight is 285 g/mol. The summed E-state index contributed by atoms with van der Waals surface area (Å²) in [4.78, 5) is 19.0. The lowest BCUT2D eigenvalue weighted by Crippen LogP contribution is -2.22. The third kappa shape index (κ3) is 2.91. The van der Waals surface area contributed by atoms with Gasteiger partial charge < -0.3 is 15.0 Å². The maximum Gasteiger partial charge on any atom is 0.252 e. The summed E-state index contributed by atoms with van der Waals surface area (Å²) in [6, 6.07) is 9.58. The number of hydrogen-bond donors (Lipinski definition) is 2. The zero-order valence-electron chi connectivity index (χ0n) is 12.2. The number of nitrogens with zero attached hydrogens (tertiary/aromatic N) is 1. The van der Waals surface area contributed by atoms with E-state index in [2.05, 4.69) is 15.3 Å². The molecule has 5 heteroatoms. The van der Waals surface area contributed by atoms with E-state index in [1.807, 2.05) is 38.1 Å². The number of benzene rings is 1. The number of para-hydroxylation sites is 1. The minimum Gasteiger partial charge on any atom is -0.493 e. The maximum atomic E-state index is 11.7. The van der Waals surface area contributed by atoms with Crippen LogP contribution in [0.2, 0.25) is 0 Å². The van der Waals surface area contributed by atoms with Gasteiger partial charge in [-0.3, -0.25) is 4.79 Å². The van der Waals surface area contributed by atoms with Crippen LogP contribution in [-0.4, -0.2) is 16.6 Å². The van der Waals surface area contributed by atoms with Crippen LogP contribution in [0.3, 0.4) is 0 Å². The summed E-state index contributed by atoms with van der Waals surface area (Å²) < 4.78 is 5.65. The Morgan fingerprint density at radius 3 is 3.00 bits per heavy atom. The van der Waals surface area contributed by atoms with E-state index >= 15 is 0 Å². The van der Waals surface area contributed by atoms with Crippen molar-refractivity contribution >= 4 is 5.82 Å². The molecule has 1 aromatic carbocycles. The minimum atomic E-state index is -0.128. The van der Waals surface area contributed by atoms with Crippen LogP contribution in [0.5, 0.6) is 5.75 Å². The monoisotopic (exact) mass is 285 g/mol. The van der Waals surface area contributed by atoms with E-state index in [9.17, 15) is 4.79 Å². The van der Waals surface area contributed by atoms with Gasteiger partial charge in [-0.15, -0.1) is 0 Å². The molecule has 0 saturated carbocycles. The van der Waals surface area contributed by atoms with Crippen LogP contribution in [0.15, 0.2) is 35.1 Å². The molecule has 0 fully saturated rings. The summed E-state index contributed by atoms with van der Waals surface area (Å²) in [5.74, 6) is 2.39. The first kappa shape index (κ1) is 13.7. The Bertz CT molecular complexity index is 694. The lowest BCUT2D eigenvalue weighted by molar-refractivity contribution is 0.274. The molecule has 0 aliphatic carbocycles. The normalized spacial score (nSPS) is 17.2. The molecule has 5 nitrogen and oxygen atoms in total. The number of ether oxygens (including phenoxy) is 1. The summed E-state index contributed by atoms with van der Waals surface area (Å²) in [7, 11) is 0. The molecule has 0 amide bonds. The van der Waals surface area contributed by atoms with Crippen LogP contribution in [0.4, 0.5) is 5.82 Å². The van der Waals surface area contributed by atoms with E-state index in [1.54, 1.807) is 0 Å². The largest absolute Gasteiger partial charge is 0.493 e. The van der Waals surface area contributed by atoms with Gasteiger partial charge in [0.25, 0.3) is 5.56 Å². The molecule has 2 N–H and O–H groups in total. The molecular weight excluding hydrogens is 266 g/mol. The van der Waals surface area contributed by atoms with Crippen molar-refractivity contribution in [3.05, 3.63) is 52.1 Å². The third-order valence-electron chi connectivity index (χ3n) is 3.59. The van der Waals surface area contributed by atoms with E-state index < -0.39 is 0 Å². The Kier molecular flexibility index (Phi) is 3.64. The summed E-state index contributed by atoms with van der Waals surface area (Å²) in [5, 5.41) is 3.36. The minimum absolute atomic E-state index is 0.115. The van der Waals surface area contributed by atoms with Crippen LogP contribution in [0.25, 0.3) is 0 Å². The Labute approximate surface area is 123 Å². The Balaban J connectivity index is 1.90. The van der Waals surface area contributed by atoms with E-state index in [0.717, 1.165) is 17.7 Å². The lowest BCUT2D eigenvalue weighted by atomic mass is 10.0. The summed E-state index contributed by atoms with van der Waals surface area (Å²) >= 11 is 0. The predicted molar refractivity (Wildman–Crippen MR) is 81.9 cm³/mol. The van der Waals surface area contributed by atoms with Crippen molar-refractivity contribution in [3.63, 3.8) is 0 Å². The van der Waals surface area contributed by atoms with Gasteiger partial charge in [-0.05, 0) is 6.07 Å². The van der Waals surface area contributed by atoms with E-state index in [0.29, 0.717) is 18.2 Å². The summed E-state index contributed by atoms with van der Waals surface area (Å²) in [5.41, 5.74) is 0.980. The van der Waals surface area contributed by atoms with E-state index in [1.165, 1.54) is 6.07 Å². The van der Waals surface area contributed by atoms with Crippen molar-refractivity contribution in [1.82, 2.24) is 9.97 Å². The van der Waals surface area contributed by atoms with Crippen molar-refractivity contribution in [2.45, 2.75) is 32.2 Å². The lowest BCUT2D eigenvalue weighted by Gasteiger charge is -2.27. The Morgan fingerprint density at radius 1 is 1.38 bits per heavy atom. The fourth-order valence-corrected chi connectivity index (χ4v) is 2.49. The molecule has 21 heavy (non-hydrogen) atoms. The van der Waals surface area contributed by atoms with E-state index in [-0.39, 0.29) is 17.5 Å². The number of aromatic amines is 1. The molecule has 1 aliphatic heterocycles. The number of fused-ring (bicyclic) bond motifs is 1. The molecule has 0 radical (unpaired) electrons. The van der Waals surface area contributed by atoms with Crippen molar-refractivity contribution in [2.75, 3.05) is 11.9 Å². The smallest absolute Gasteiger partial charge is 0.252 e. The van der Waals surface area contributed by atoms with Crippen LogP contribution in [0, 0.1) is 0 Å². The molecular formula is C16H19N3O2. The standard InChI is InChI=1S/C16H19N3O2/c1-10(2)16-18-14(9-15(20)19-16)17-12-7-8-21-13-6-4-3-5-11(12)13/h3-6,9-10,12H,7-8H2,1-2H3,(H2,17,18,19,20). The van der Waals surface area contributed by atoms with E-state index in [4.69, 9.17) is 4.74 Å². The van der Waals surface area contributed by atoms with Gasteiger partial charge in [0, 0.05) is 24.0 Å². The number of aromatic nitrogens is 2. The fourth-order valence-electron chi connectivity index (χ4n) is 2.49. The van der Waals surface area contributed by atoms with Crippen molar-refractivity contribution in [1.29, 1.82) is 0 Å². The van der Waals surface area contributed by atoms with Crippen molar-refractivity contribution in [3.8, 4) is 5.75 Å². The van der Waals surface area contributed by atoms with Crippen LogP contribution < -0.4 is 15.6 Å². The highest BCUT2D eigenvalue weighted by molar-refractivity contribution is 5.44. The predicted octanol–water partition coefficient (Wildman–Crippen LogP) is 2.83. The number of anilines is 1. The molecule has 0 saturated heterocycles. The molecule has 0 spiro atoms. The van der Waals surface area contributed by atoms with Gasteiger partial charge in [0.15, 0.2) is 0 Å². The van der Waals surface area contributed by atoms with Gasteiger partial charge in [-0.25, -0.2) is 4.98 Å². The Morgan fingerprint density at radius 2 is 2.19 bits per heavy atom. The second kappa shape index (κ2) is 5.60. The SMILES string of the molecule is CC(C)c1nc(NC2CCOc3ccccc32)cc(=O)[nH]1. The van der Waals surface area contributed by atoms with Gasteiger partial charge in [-0.1, -0.05) is 32.0 Å². The molecule has 1 atom stereocenters. The van der Waals surface area contributed by atoms with Gasteiger partial charge >= 0.3 is 0 Å². The molecule has 110 valence electrons. The summed E-state index contributed by atoms with van der Waals surface area (Å²) in [6.45, 7) is 4.67. The van der Waals surface area contributed by atoms with Gasteiger partial charge in [0.05, 0.1) is 12.6 Å². The molecule has 2 heterocycles. The zero-order valence-corrected chi connectivity index (χ0v) is 12.2. The maximum absolute atomic E-state index is 11.7. The summed E-state index contributed by atoms with van der Waals surface area (Å²) in [6.07, 6.45) is 0.850. The molecule has 1 aromatic heterocycles. The van der Waals surface area contributed by atoms with Crippen LogP contribution >= 0.6 is 0 Å². The molecule has 0 bridgehead atoms. The molecule has 3 rings (SSSR count).